The van der Waals surface area contributed by atoms with Crippen molar-refractivity contribution in [1.29, 1.82) is 0 Å². The van der Waals surface area contributed by atoms with E-state index in [0.717, 1.165) is 0 Å². The van der Waals surface area contributed by atoms with Crippen LogP contribution < -0.4 is 5.56 Å². The average Bonchev–Trinajstić information content (AvgIpc) is 2.66. The second kappa shape index (κ2) is 7.66. The molecule has 1 heterocycles. The van der Waals surface area contributed by atoms with Crippen molar-refractivity contribution in [1.82, 2.24) is 9.47 Å². The molecule has 2 aromatic rings. The van der Waals surface area contributed by atoms with Crippen molar-refractivity contribution >= 4 is 11.7 Å². The van der Waals surface area contributed by atoms with Crippen LogP contribution >= 0.6 is 0 Å². The summed E-state index contributed by atoms with van der Waals surface area (Å²) in [5.41, 5.74) is 1.30. The number of pyridine rings is 1. The summed E-state index contributed by atoms with van der Waals surface area (Å²) in [7, 11) is 0. The van der Waals surface area contributed by atoms with E-state index in [2.05, 4.69) is 0 Å². The van der Waals surface area contributed by atoms with E-state index in [-0.39, 0.29) is 24.5 Å². The maximum atomic E-state index is 13.2. The number of para-hydroxylation sites is 1. The van der Waals surface area contributed by atoms with Crippen molar-refractivity contribution in [2.45, 2.75) is 26.2 Å². The molecule has 1 amide bonds. The maximum absolute atomic E-state index is 13.2. The molecule has 0 saturated carbocycles. The number of aliphatic hydroxyl groups excluding tert-OH is 1. The molecule has 0 spiro atoms. The molecule has 6 heteroatoms. The van der Waals surface area contributed by atoms with Crippen molar-refractivity contribution in [3.05, 3.63) is 63.6 Å². The van der Waals surface area contributed by atoms with Crippen molar-refractivity contribution in [2.24, 2.45) is 0 Å². The molecular formula is C20H22N2O4. The molecule has 0 bridgehead atoms. The maximum Gasteiger partial charge on any atom is 0.268 e. The minimum Gasteiger partial charge on any atom is -0.395 e. The first-order chi connectivity index (χ1) is 12.6. The summed E-state index contributed by atoms with van der Waals surface area (Å²) in [6.07, 6.45) is 1.73. The Morgan fingerprint density at radius 3 is 2.58 bits per heavy atom. The lowest BCUT2D eigenvalue weighted by atomic mass is 9.92. The minimum absolute atomic E-state index is 0.0295. The van der Waals surface area contributed by atoms with Crippen molar-refractivity contribution in [3.8, 4) is 5.69 Å². The number of Topliss-reactive ketones (excluding diaryl/α,β-unsaturated/α-hetero) is 1. The fraction of sp³-hybridized carbons (Fsp3) is 0.350. The molecule has 0 atom stereocenters. The first kappa shape index (κ1) is 18.1. The molecule has 1 N–H and O–H groups in total. The number of rotatable bonds is 5. The lowest BCUT2D eigenvalue weighted by molar-refractivity contribution is 0.0729. The molecule has 0 fully saturated rings. The number of likely N-dealkylation sites (N-methyl/N-ethyl adjacent to an activating group) is 1. The van der Waals surface area contributed by atoms with E-state index in [1.807, 2.05) is 18.2 Å². The van der Waals surface area contributed by atoms with E-state index < -0.39 is 11.5 Å². The highest BCUT2D eigenvalue weighted by atomic mass is 16.3. The molecule has 3 rings (SSSR count). The smallest absolute Gasteiger partial charge is 0.268 e. The number of hydrogen-bond donors (Lipinski definition) is 1. The van der Waals surface area contributed by atoms with Crippen LogP contribution in [0.2, 0.25) is 0 Å². The Morgan fingerprint density at radius 2 is 1.92 bits per heavy atom. The van der Waals surface area contributed by atoms with Gasteiger partial charge in [-0.05, 0) is 38.0 Å². The van der Waals surface area contributed by atoms with Crippen LogP contribution in [0.15, 0.2) is 41.2 Å². The third-order valence-electron chi connectivity index (χ3n) is 4.70. The third-order valence-corrected chi connectivity index (χ3v) is 4.70. The van der Waals surface area contributed by atoms with Crippen LogP contribution in [0.3, 0.4) is 0 Å². The molecular weight excluding hydrogens is 332 g/mol. The number of carbonyl (C=O) groups is 2. The number of amides is 1. The van der Waals surface area contributed by atoms with Crippen LogP contribution in [0, 0.1) is 0 Å². The molecule has 0 aliphatic heterocycles. The molecule has 1 aromatic carbocycles. The lowest BCUT2D eigenvalue weighted by Gasteiger charge is -2.24. The highest BCUT2D eigenvalue weighted by molar-refractivity contribution is 6.02. The summed E-state index contributed by atoms with van der Waals surface area (Å²) in [6, 6.07) is 10.5. The second-order valence-electron chi connectivity index (χ2n) is 6.28. The Balaban J connectivity index is 2.24. The monoisotopic (exact) mass is 354 g/mol. The van der Waals surface area contributed by atoms with Gasteiger partial charge in [0, 0.05) is 36.5 Å². The summed E-state index contributed by atoms with van der Waals surface area (Å²) < 4.78 is 1.49. The van der Waals surface area contributed by atoms with Gasteiger partial charge in [-0.15, -0.1) is 0 Å². The zero-order chi connectivity index (χ0) is 18.7. The van der Waals surface area contributed by atoms with Gasteiger partial charge in [0.1, 0.15) is 5.56 Å². The van der Waals surface area contributed by atoms with Gasteiger partial charge in [0.2, 0.25) is 0 Å². The predicted molar refractivity (Wildman–Crippen MR) is 98.0 cm³/mol. The van der Waals surface area contributed by atoms with Crippen LogP contribution in [-0.2, 0) is 6.42 Å². The third kappa shape index (κ3) is 3.20. The Morgan fingerprint density at radius 1 is 1.19 bits per heavy atom. The van der Waals surface area contributed by atoms with Gasteiger partial charge < -0.3 is 10.0 Å². The molecule has 0 saturated heterocycles. The van der Waals surface area contributed by atoms with E-state index in [9.17, 15) is 14.4 Å². The van der Waals surface area contributed by atoms with Gasteiger partial charge in [0.05, 0.1) is 6.61 Å². The van der Waals surface area contributed by atoms with Crippen LogP contribution in [-0.4, -0.2) is 46.0 Å². The van der Waals surface area contributed by atoms with E-state index in [0.29, 0.717) is 42.8 Å². The van der Waals surface area contributed by atoms with Gasteiger partial charge in [0.15, 0.2) is 5.78 Å². The molecule has 26 heavy (non-hydrogen) atoms. The summed E-state index contributed by atoms with van der Waals surface area (Å²) in [5.74, 6) is -0.507. The number of fused-ring (bicyclic) bond motifs is 1. The zero-order valence-corrected chi connectivity index (χ0v) is 14.8. The number of ketones is 1. The number of aliphatic hydroxyl groups is 1. The van der Waals surface area contributed by atoms with Crippen LogP contribution in [0.25, 0.3) is 5.69 Å². The van der Waals surface area contributed by atoms with Gasteiger partial charge in [-0.2, -0.15) is 0 Å². The van der Waals surface area contributed by atoms with Gasteiger partial charge in [-0.3, -0.25) is 19.0 Å². The van der Waals surface area contributed by atoms with Gasteiger partial charge in [-0.1, -0.05) is 18.2 Å². The van der Waals surface area contributed by atoms with E-state index in [4.69, 9.17) is 5.11 Å². The molecule has 1 aromatic heterocycles. The van der Waals surface area contributed by atoms with Crippen LogP contribution in [0.5, 0.6) is 0 Å². The summed E-state index contributed by atoms with van der Waals surface area (Å²) in [4.78, 5) is 39.9. The van der Waals surface area contributed by atoms with Gasteiger partial charge in [0.25, 0.3) is 11.5 Å². The molecule has 1 aliphatic rings. The van der Waals surface area contributed by atoms with Crippen molar-refractivity contribution in [3.63, 3.8) is 0 Å². The first-order valence-corrected chi connectivity index (χ1v) is 8.86. The van der Waals surface area contributed by atoms with Crippen LogP contribution in [0.4, 0.5) is 0 Å². The summed E-state index contributed by atoms with van der Waals surface area (Å²) in [5, 5.41) is 9.17. The quantitative estimate of drug-likeness (QED) is 0.888. The number of carbonyl (C=O) groups excluding carboxylic acids is 2. The molecule has 0 radical (unpaired) electrons. The molecule has 6 nitrogen and oxygen atoms in total. The predicted octanol–water partition coefficient (Wildman–Crippen LogP) is 1.81. The highest BCUT2D eigenvalue weighted by Gasteiger charge is 2.27. The van der Waals surface area contributed by atoms with E-state index in [1.165, 1.54) is 15.5 Å². The molecule has 136 valence electrons. The van der Waals surface area contributed by atoms with Crippen molar-refractivity contribution in [2.75, 3.05) is 19.7 Å². The average molecular weight is 354 g/mol. The highest BCUT2D eigenvalue weighted by Crippen LogP contribution is 2.23. The van der Waals surface area contributed by atoms with Crippen LogP contribution in [0.1, 0.15) is 46.2 Å². The molecule has 1 aliphatic carbocycles. The summed E-state index contributed by atoms with van der Waals surface area (Å²) in [6.45, 7) is 2.11. The van der Waals surface area contributed by atoms with Gasteiger partial charge >= 0.3 is 0 Å². The number of hydrogen-bond acceptors (Lipinski definition) is 4. The van der Waals surface area contributed by atoms with E-state index >= 15 is 0 Å². The SMILES string of the molecule is CCN(CCO)C(=O)c1cc2c(n(-c3ccccc3)c1=O)CCCC2=O. The number of aromatic nitrogens is 1. The molecule has 0 unspecified atom stereocenters. The lowest BCUT2D eigenvalue weighted by Crippen LogP contribution is -2.39. The van der Waals surface area contributed by atoms with E-state index in [1.54, 1.807) is 19.1 Å². The normalized spacial score (nSPS) is 13.4. The van der Waals surface area contributed by atoms with Crippen molar-refractivity contribution < 1.29 is 14.7 Å². The zero-order valence-electron chi connectivity index (χ0n) is 14.8. The first-order valence-electron chi connectivity index (χ1n) is 8.86. The Hall–Kier alpha value is -2.73. The summed E-state index contributed by atoms with van der Waals surface area (Å²) >= 11 is 0. The largest absolute Gasteiger partial charge is 0.395 e. The second-order valence-corrected chi connectivity index (χ2v) is 6.28. The number of benzene rings is 1. The standard InChI is InChI=1S/C20H22N2O4/c1-2-21(11-12-23)19(25)16-13-15-17(9-6-10-18(15)24)22(20(16)26)14-7-4-3-5-8-14/h3-5,7-8,13,23H,2,6,9-12H2,1H3. The fourth-order valence-corrected chi connectivity index (χ4v) is 3.39. The topological polar surface area (TPSA) is 79.6 Å². The Bertz CT molecular complexity index is 887. The fourth-order valence-electron chi connectivity index (χ4n) is 3.39. The Labute approximate surface area is 151 Å². The minimum atomic E-state index is -0.461. The van der Waals surface area contributed by atoms with Gasteiger partial charge in [-0.25, -0.2) is 0 Å². The number of nitrogens with zero attached hydrogens (tertiary/aromatic N) is 2. The Kier molecular flexibility index (Phi) is 5.32.